The fourth-order valence-electron chi connectivity index (χ4n) is 2.38. The predicted molar refractivity (Wildman–Crippen MR) is 96.4 cm³/mol. The molecule has 0 atom stereocenters. The molecule has 0 amide bonds. The zero-order chi connectivity index (χ0) is 16.1. The van der Waals surface area contributed by atoms with Crippen molar-refractivity contribution in [2.24, 2.45) is 9.98 Å². The first kappa shape index (κ1) is 15.0. The van der Waals surface area contributed by atoms with Crippen LogP contribution in [0.1, 0.15) is 17.7 Å². The SMILES string of the molecule is C=Nc1cc(C)ccc1/N=C\CCc1ccc2ncccc2n1. The Kier molecular flexibility index (Phi) is 4.52. The lowest BCUT2D eigenvalue weighted by Crippen LogP contribution is -1.92. The molecule has 0 bridgehead atoms. The Bertz CT molecular complexity index is 868. The molecule has 0 aliphatic rings. The van der Waals surface area contributed by atoms with Crippen LogP contribution in [0.15, 0.2) is 58.6 Å². The van der Waals surface area contributed by atoms with Crippen LogP contribution < -0.4 is 0 Å². The summed E-state index contributed by atoms with van der Waals surface area (Å²) in [5, 5.41) is 0. The minimum Gasteiger partial charge on any atom is -0.262 e. The van der Waals surface area contributed by atoms with Gasteiger partial charge in [0.2, 0.25) is 0 Å². The number of hydrogen-bond acceptors (Lipinski definition) is 4. The van der Waals surface area contributed by atoms with Crippen molar-refractivity contribution in [1.29, 1.82) is 0 Å². The summed E-state index contributed by atoms with van der Waals surface area (Å²) in [5.74, 6) is 0. The van der Waals surface area contributed by atoms with Crippen molar-refractivity contribution in [2.75, 3.05) is 0 Å². The van der Waals surface area contributed by atoms with Gasteiger partial charge >= 0.3 is 0 Å². The number of nitrogens with zero attached hydrogens (tertiary/aromatic N) is 4. The summed E-state index contributed by atoms with van der Waals surface area (Å²) in [4.78, 5) is 17.4. The van der Waals surface area contributed by atoms with Crippen LogP contribution in [-0.4, -0.2) is 22.9 Å². The molecule has 0 saturated heterocycles. The fourth-order valence-corrected chi connectivity index (χ4v) is 2.38. The third-order valence-corrected chi connectivity index (χ3v) is 3.58. The molecular formula is C19H18N4. The highest BCUT2D eigenvalue weighted by Gasteiger charge is 2.00. The van der Waals surface area contributed by atoms with Gasteiger partial charge in [0.1, 0.15) is 0 Å². The van der Waals surface area contributed by atoms with E-state index in [1.807, 2.05) is 55.6 Å². The maximum atomic E-state index is 4.61. The van der Waals surface area contributed by atoms with Crippen LogP contribution in [0.3, 0.4) is 0 Å². The van der Waals surface area contributed by atoms with Gasteiger partial charge in [-0.25, -0.2) is 0 Å². The van der Waals surface area contributed by atoms with Gasteiger partial charge in [-0.05, 0) is 68.4 Å². The lowest BCUT2D eigenvalue weighted by Gasteiger charge is -2.02. The quantitative estimate of drug-likeness (QED) is 0.646. The molecule has 0 unspecified atom stereocenters. The third-order valence-electron chi connectivity index (χ3n) is 3.58. The van der Waals surface area contributed by atoms with Gasteiger partial charge in [0.05, 0.1) is 22.4 Å². The normalized spacial score (nSPS) is 11.2. The Balaban J connectivity index is 1.67. The van der Waals surface area contributed by atoms with Gasteiger partial charge in [-0.1, -0.05) is 6.07 Å². The molecule has 2 heterocycles. The van der Waals surface area contributed by atoms with Crippen LogP contribution >= 0.6 is 0 Å². The number of benzene rings is 1. The number of rotatable bonds is 5. The second-order valence-corrected chi connectivity index (χ2v) is 5.34. The predicted octanol–water partition coefficient (Wildman–Crippen LogP) is 4.61. The zero-order valence-corrected chi connectivity index (χ0v) is 13.1. The molecule has 23 heavy (non-hydrogen) atoms. The van der Waals surface area contributed by atoms with Crippen molar-refractivity contribution in [3.05, 3.63) is 59.9 Å². The van der Waals surface area contributed by atoms with E-state index in [-0.39, 0.29) is 0 Å². The van der Waals surface area contributed by atoms with Gasteiger partial charge in [-0.3, -0.25) is 20.0 Å². The average Bonchev–Trinajstić information content (AvgIpc) is 2.59. The molecule has 4 nitrogen and oxygen atoms in total. The van der Waals surface area contributed by atoms with E-state index in [0.717, 1.165) is 46.5 Å². The summed E-state index contributed by atoms with van der Waals surface area (Å²) in [6.07, 6.45) is 5.36. The first-order chi connectivity index (χ1) is 11.3. The average molecular weight is 302 g/mol. The van der Waals surface area contributed by atoms with Crippen molar-refractivity contribution in [2.45, 2.75) is 19.8 Å². The van der Waals surface area contributed by atoms with Gasteiger partial charge in [0.15, 0.2) is 0 Å². The second kappa shape index (κ2) is 6.92. The largest absolute Gasteiger partial charge is 0.262 e. The Morgan fingerprint density at radius 2 is 2.00 bits per heavy atom. The molecule has 2 aromatic heterocycles. The van der Waals surface area contributed by atoms with Gasteiger partial charge in [0.25, 0.3) is 0 Å². The topological polar surface area (TPSA) is 50.5 Å². The van der Waals surface area contributed by atoms with Gasteiger partial charge in [-0.15, -0.1) is 0 Å². The van der Waals surface area contributed by atoms with Crippen LogP contribution in [0.2, 0.25) is 0 Å². The first-order valence-electron chi connectivity index (χ1n) is 7.57. The van der Waals surface area contributed by atoms with Crippen molar-refractivity contribution in [3.8, 4) is 0 Å². The summed E-state index contributed by atoms with van der Waals surface area (Å²) >= 11 is 0. The Hall–Kier alpha value is -2.88. The van der Waals surface area contributed by atoms with Gasteiger partial charge < -0.3 is 0 Å². The van der Waals surface area contributed by atoms with Crippen molar-refractivity contribution in [3.63, 3.8) is 0 Å². The minimum atomic E-state index is 0.816. The van der Waals surface area contributed by atoms with Crippen LogP contribution in [-0.2, 0) is 6.42 Å². The molecule has 0 N–H and O–H groups in total. The van der Waals surface area contributed by atoms with Crippen molar-refractivity contribution >= 4 is 35.3 Å². The summed E-state index contributed by atoms with van der Waals surface area (Å²) in [7, 11) is 0. The Morgan fingerprint density at radius 1 is 1.09 bits per heavy atom. The number of aliphatic imine (C=N–C) groups is 2. The lowest BCUT2D eigenvalue weighted by atomic mass is 10.2. The molecule has 3 rings (SSSR count). The molecule has 114 valence electrons. The maximum absolute atomic E-state index is 4.61. The first-order valence-corrected chi connectivity index (χ1v) is 7.57. The number of fused-ring (bicyclic) bond motifs is 1. The molecule has 1 aromatic carbocycles. The summed E-state index contributed by atoms with van der Waals surface area (Å²) < 4.78 is 0. The summed E-state index contributed by atoms with van der Waals surface area (Å²) in [6.45, 7) is 5.63. The standard InChI is InChI=1S/C19H18N4/c1-14-7-9-17(19(13-14)20-2)22-11-3-5-15-8-10-16-18(23-15)6-4-12-21-16/h4,6-13H,2-3,5H2,1H3/b22-11-. The molecule has 0 saturated carbocycles. The lowest BCUT2D eigenvalue weighted by molar-refractivity contribution is 0.994. The van der Waals surface area contributed by atoms with E-state index in [0.29, 0.717) is 0 Å². The fraction of sp³-hybridized carbons (Fsp3) is 0.158. The highest BCUT2D eigenvalue weighted by atomic mass is 14.8. The van der Waals surface area contributed by atoms with E-state index in [9.17, 15) is 0 Å². The van der Waals surface area contributed by atoms with E-state index in [2.05, 4.69) is 26.7 Å². The number of hydrogen-bond donors (Lipinski definition) is 0. The molecule has 4 heteroatoms. The number of aromatic nitrogens is 2. The molecule has 0 spiro atoms. The summed E-state index contributed by atoms with van der Waals surface area (Å²) in [6, 6.07) is 13.9. The minimum absolute atomic E-state index is 0.816. The number of pyridine rings is 2. The molecule has 0 radical (unpaired) electrons. The van der Waals surface area contributed by atoms with Crippen molar-refractivity contribution < 1.29 is 0 Å². The van der Waals surface area contributed by atoms with Crippen molar-refractivity contribution in [1.82, 2.24) is 9.97 Å². The second-order valence-electron chi connectivity index (χ2n) is 5.34. The Labute approximate surface area is 135 Å². The Morgan fingerprint density at radius 3 is 2.87 bits per heavy atom. The van der Waals surface area contributed by atoms with Crippen LogP contribution in [0.4, 0.5) is 11.4 Å². The van der Waals surface area contributed by atoms with Gasteiger partial charge in [-0.2, -0.15) is 0 Å². The van der Waals surface area contributed by atoms with Gasteiger partial charge in [0, 0.05) is 18.1 Å². The van der Waals surface area contributed by atoms with E-state index >= 15 is 0 Å². The number of aryl methyl sites for hydroxylation is 2. The van der Waals surface area contributed by atoms with Crippen LogP contribution in [0.25, 0.3) is 11.0 Å². The molecule has 0 aliphatic heterocycles. The van der Waals surface area contributed by atoms with E-state index in [1.165, 1.54) is 0 Å². The maximum Gasteiger partial charge on any atom is 0.0889 e. The zero-order valence-electron chi connectivity index (χ0n) is 13.1. The van der Waals surface area contributed by atoms with E-state index in [4.69, 9.17) is 0 Å². The van der Waals surface area contributed by atoms with E-state index < -0.39 is 0 Å². The smallest absolute Gasteiger partial charge is 0.0889 e. The molecule has 3 aromatic rings. The van der Waals surface area contributed by atoms with Crippen LogP contribution in [0, 0.1) is 6.92 Å². The van der Waals surface area contributed by atoms with E-state index in [1.54, 1.807) is 6.20 Å². The summed E-state index contributed by atoms with van der Waals surface area (Å²) in [5.41, 5.74) is 5.71. The molecule has 0 fully saturated rings. The third kappa shape index (κ3) is 3.66. The highest BCUT2D eigenvalue weighted by molar-refractivity contribution is 5.74. The monoisotopic (exact) mass is 302 g/mol. The van der Waals surface area contributed by atoms with Crippen LogP contribution in [0.5, 0.6) is 0 Å². The molecular weight excluding hydrogens is 284 g/mol. The highest BCUT2D eigenvalue weighted by Crippen LogP contribution is 2.28. The molecule has 0 aliphatic carbocycles.